The minimum Gasteiger partial charge on any atom is -0.354 e. The van der Waals surface area contributed by atoms with Gasteiger partial charge in [-0.15, -0.1) is 0 Å². The second-order valence-corrected chi connectivity index (χ2v) is 13.0. The minimum atomic E-state index is -3.82. The third-order valence-electron chi connectivity index (χ3n) is 9.55. The molecule has 2 bridgehead atoms. The summed E-state index contributed by atoms with van der Waals surface area (Å²) in [7, 11) is -3.82. The maximum atomic E-state index is 13.4. The molecule has 1 spiro atoms. The fourth-order valence-electron chi connectivity index (χ4n) is 8.36. The number of carbonyl (C=O) groups excluding carboxylic acids is 1. The molecule has 1 aromatic rings. The van der Waals surface area contributed by atoms with Gasteiger partial charge >= 0.3 is 0 Å². The molecule has 6 atom stereocenters. The molecule has 8 heteroatoms. The lowest BCUT2D eigenvalue weighted by Gasteiger charge is -2.73. The van der Waals surface area contributed by atoms with Gasteiger partial charge in [0.25, 0.3) is 0 Å². The van der Waals surface area contributed by atoms with Crippen LogP contribution in [0.4, 0.5) is 0 Å². The molecule has 6 rings (SSSR count). The van der Waals surface area contributed by atoms with Crippen LogP contribution in [0.15, 0.2) is 23.1 Å². The number of hydrogen-bond acceptors (Lipinski definition) is 4. The Morgan fingerprint density at radius 1 is 1.22 bits per heavy atom. The minimum absolute atomic E-state index is 0.0282. The van der Waals surface area contributed by atoms with Crippen LogP contribution in [0.3, 0.4) is 0 Å². The smallest absolute Gasteiger partial charge is 0.244 e. The SMILES string of the molecule is N#Cc1ccc(S(=O)(=O)N2CCCCC2CNC(=O)C23C[C@H]4CC5C[C@@H](C2)C43C5)c(Cl)c1. The topological polar surface area (TPSA) is 90.3 Å². The van der Waals surface area contributed by atoms with Crippen LogP contribution in [0.1, 0.15) is 56.9 Å². The van der Waals surface area contributed by atoms with Crippen molar-refractivity contribution < 1.29 is 13.2 Å². The highest BCUT2D eigenvalue weighted by atomic mass is 35.5. The van der Waals surface area contributed by atoms with Crippen molar-refractivity contribution >= 4 is 27.5 Å². The van der Waals surface area contributed by atoms with E-state index < -0.39 is 10.0 Å². The van der Waals surface area contributed by atoms with Crippen molar-refractivity contribution in [2.45, 2.75) is 62.3 Å². The molecule has 1 aromatic carbocycles. The second kappa shape index (κ2) is 6.94. The van der Waals surface area contributed by atoms with Crippen molar-refractivity contribution in [1.82, 2.24) is 9.62 Å². The van der Waals surface area contributed by atoms with Gasteiger partial charge in [0.15, 0.2) is 0 Å². The fourth-order valence-corrected chi connectivity index (χ4v) is 10.6. The van der Waals surface area contributed by atoms with Gasteiger partial charge in [0.05, 0.1) is 22.1 Å². The first kappa shape index (κ1) is 20.9. The Kier molecular flexibility index (Phi) is 4.55. The molecule has 5 fully saturated rings. The lowest BCUT2D eigenvalue weighted by molar-refractivity contribution is -0.249. The number of sulfonamides is 1. The summed E-state index contributed by atoms with van der Waals surface area (Å²) in [6.45, 7) is 0.767. The molecule has 1 heterocycles. The van der Waals surface area contributed by atoms with Crippen LogP contribution in [-0.4, -0.2) is 37.8 Å². The summed E-state index contributed by atoms with van der Waals surface area (Å²) in [4.78, 5) is 13.4. The van der Waals surface area contributed by atoms with E-state index in [0.29, 0.717) is 18.7 Å². The van der Waals surface area contributed by atoms with Crippen LogP contribution >= 0.6 is 11.6 Å². The number of fused-ring (bicyclic) bond motifs is 1. The molecule has 5 aliphatic rings. The molecule has 4 saturated carbocycles. The van der Waals surface area contributed by atoms with Crippen LogP contribution in [0.2, 0.25) is 5.02 Å². The summed E-state index contributed by atoms with van der Waals surface area (Å²) < 4.78 is 28.4. The van der Waals surface area contributed by atoms with Gasteiger partial charge in [-0.3, -0.25) is 4.79 Å². The Hall–Kier alpha value is -1.62. The van der Waals surface area contributed by atoms with Gasteiger partial charge in [-0.05, 0) is 86.3 Å². The third kappa shape index (κ3) is 2.55. The van der Waals surface area contributed by atoms with Gasteiger partial charge in [0.1, 0.15) is 4.90 Å². The zero-order chi connectivity index (χ0) is 22.3. The Morgan fingerprint density at radius 3 is 2.62 bits per heavy atom. The molecule has 0 radical (unpaired) electrons. The van der Waals surface area contributed by atoms with E-state index >= 15 is 0 Å². The Labute approximate surface area is 194 Å². The Bertz CT molecular complexity index is 1130. The van der Waals surface area contributed by atoms with E-state index in [2.05, 4.69) is 5.32 Å². The number of piperidine rings is 1. The number of nitrogens with zero attached hydrogens (tertiary/aromatic N) is 2. The number of hydrogen-bond donors (Lipinski definition) is 1. The van der Waals surface area contributed by atoms with Crippen LogP contribution < -0.4 is 5.32 Å². The Morgan fingerprint density at radius 2 is 1.97 bits per heavy atom. The maximum Gasteiger partial charge on any atom is 0.244 e. The number of halogens is 1. The zero-order valence-electron chi connectivity index (χ0n) is 18.0. The molecule has 32 heavy (non-hydrogen) atoms. The monoisotopic (exact) mass is 473 g/mol. The number of amides is 1. The quantitative estimate of drug-likeness (QED) is 0.706. The highest BCUT2D eigenvalue weighted by Gasteiger charge is 2.83. The van der Waals surface area contributed by atoms with Crippen LogP contribution in [0.25, 0.3) is 0 Å². The summed E-state index contributed by atoms with van der Waals surface area (Å²) in [6.07, 6.45) is 8.36. The standard InChI is InChI=1S/C24H28ClN3O3S/c25-20-9-15(13-26)4-5-21(20)32(30,31)28-6-2-1-3-19(28)14-27-22(29)23-11-17-7-16-8-18(12-23)24(17,23)10-16/h4-5,9,16-19H,1-3,6-8,10-12,14H2,(H,27,29)/t16?,17-,18+,19?,23?,24?. The lowest BCUT2D eigenvalue weighted by atomic mass is 9.30. The predicted molar refractivity (Wildman–Crippen MR) is 119 cm³/mol. The summed E-state index contributed by atoms with van der Waals surface area (Å²) >= 11 is 6.24. The third-order valence-corrected chi connectivity index (χ3v) is 12.0. The molecule has 170 valence electrons. The molecule has 1 aliphatic heterocycles. The van der Waals surface area contributed by atoms with E-state index in [-0.39, 0.29) is 32.7 Å². The number of rotatable bonds is 5. The van der Waals surface area contributed by atoms with Crippen molar-refractivity contribution in [2.24, 2.45) is 28.6 Å². The van der Waals surface area contributed by atoms with Crippen molar-refractivity contribution in [2.75, 3.05) is 13.1 Å². The fraction of sp³-hybridized carbons (Fsp3) is 0.667. The molecular weight excluding hydrogens is 446 g/mol. The molecule has 0 aromatic heterocycles. The summed E-state index contributed by atoms with van der Waals surface area (Å²) in [5.74, 6) is 2.48. The predicted octanol–water partition coefficient (Wildman–Crippen LogP) is 3.70. The molecule has 6 nitrogen and oxygen atoms in total. The normalized spacial score (nSPS) is 39.5. The summed E-state index contributed by atoms with van der Waals surface area (Å²) in [5, 5.41) is 12.3. The Balaban J connectivity index is 1.19. The molecule has 1 N–H and O–H groups in total. The van der Waals surface area contributed by atoms with Crippen LogP contribution in [-0.2, 0) is 14.8 Å². The molecule has 1 saturated heterocycles. The van der Waals surface area contributed by atoms with Gasteiger partial charge in [-0.2, -0.15) is 9.57 Å². The average Bonchev–Trinajstić information content (AvgIpc) is 3.29. The van der Waals surface area contributed by atoms with Gasteiger partial charge in [-0.25, -0.2) is 8.42 Å². The van der Waals surface area contributed by atoms with Crippen molar-refractivity contribution in [3.05, 3.63) is 28.8 Å². The van der Waals surface area contributed by atoms with Crippen molar-refractivity contribution in [3.63, 3.8) is 0 Å². The van der Waals surface area contributed by atoms with E-state index in [9.17, 15) is 13.2 Å². The summed E-state index contributed by atoms with van der Waals surface area (Å²) in [6, 6.07) is 6.00. The molecule has 1 amide bonds. The van der Waals surface area contributed by atoms with E-state index in [4.69, 9.17) is 16.9 Å². The first-order valence-corrected chi connectivity index (χ1v) is 13.6. The second-order valence-electron chi connectivity index (χ2n) is 10.7. The van der Waals surface area contributed by atoms with Crippen molar-refractivity contribution in [3.8, 4) is 6.07 Å². The first-order chi connectivity index (χ1) is 15.3. The highest BCUT2D eigenvalue weighted by molar-refractivity contribution is 7.89. The van der Waals surface area contributed by atoms with Gasteiger partial charge in [0, 0.05) is 19.1 Å². The maximum absolute atomic E-state index is 13.4. The van der Waals surface area contributed by atoms with E-state index in [1.165, 1.54) is 41.8 Å². The van der Waals surface area contributed by atoms with Gasteiger partial charge in [0.2, 0.25) is 15.9 Å². The van der Waals surface area contributed by atoms with E-state index in [1.807, 2.05) is 6.07 Å². The molecule has 4 aliphatic carbocycles. The number of carbonyl (C=O) groups is 1. The number of benzene rings is 1. The average molecular weight is 474 g/mol. The lowest BCUT2D eigenvalue weighted by Crippen LogP contribution is -2.73. The van der Waals surface area contributed by atoms with Crippen LogP contribution in [0, 0.1) is 39.9 Å². The summed E-state index contributed by atoms with van der Waals surface area (Å²) in [5.41, 5.74) is 0.423. The number of nitrogens with one attached hydrogen (secondary N) is 1. The van der Waals surface area contributed by atoms with Gasteiger partial charge < -0.3 is 5.32 Å². The van der Waals surface area contributed by atoms with E-state index in [0.717, 1.165) is 49.9 Å². The largest absolute Gasteiger partial charge is 0.354 e. The molecule has 4 unspecified atom stereocenters. The zero-order valence-corrected chi connectivity index (χ0v) is 19.6. The van der Waals surface area contributed by atoms with Crippen LogP contribution in [0.5, 0.6) is 0 Å². The van der Waals surface area contributed by atoms with Crippen molar-refractivity contribution in [1.29, 1.82) is 5.26 Å². The molecular formula is C24H28ClN3O3S. The highest BCUT2D eigenvalue weighted by Crippen LogP contribution is 2.86. The first-order valence-electron chi connectivity index (χ1n) is 11.8. The van der Waals surface area contributed by atoms with E-state index in [1.54, 1.807) is 0 Å². The van der Waals surface area contributed by atoms with Gasteiger partial charge in [-0.1, -0.05) is 18.0 Å². The number of nitriles is 1.